The maximum absolute atomic E-state index is 12.0. The van der Waals surface area contributed by atoms with Crippen LogP contribution in [0.15, 0.2) is 30.3 Å². The molecule has 0 aliphatic carbocycles. The van der Waals surface area contributed by atoms with Gasteiger partial charge in [-0.2, -0.15) is 0 Å². The smallest absolute Gasteiger partial charge is 0.328 e. The topological polar surface area (TPSA) is 55.8 Å². The van der Waals surface area contributed by atoms with Crippen molar-refractivity contribution >= 4 is 11.9 Å². The molecule has 1 heterocycles. The van der Waals surface area contributed by atoms with Gasteiger partial charge in [0.1, 0.15) is 6.04 Å². The number of hydrogen-bond acceptors (Lipinski definition) is 4. The van der Waals surface area contributed by atoms with Gasteiger partial charge in [-0.15, -0.1) is 0 Å². The zero-order chi connectivity index (χ0) is 15.9. The highest BCUT2D eigenvalue weighted by Gasteiger charge is 2.39. The van der Waals surface area contributed by atoms with E-state index in [1.165, 1.54) is 7.11 Å². The Balaban J connectivity index is 1.79. The van der Waals surface area contributed by atoms with E-state index >= 15 is 0 Å². The highest BCUT2D eigenvalue weighted by atomic mass is 16.5. The zero-order valence-corrected chi connectivity index (χ0v) is 13.2. The van der Waals surface area contributed by atoms with E-state index in [0.717, 1.165) is 5.56 Å². The molecule has 2 rings (SSSR count). The number of hydrogen-bond donors (Lipinski definition) is 0. The first-order valence-corrected chi connectivity index (χ1v) is 7.64. The zero-order valence-electron chi connectivity index (χ0n) is 13.2. The van der Waals surface area contributed by atoms with Gasteiger partial charge in [0.15, 0.2) is 0 Å². The molecule has 22 heavy (non-hydrogen) atoms. The minimum atomic E-state index is -0.443. The van der Waals surface area contributed by atoms with E-state index in [2.05, 4.69) is 0 Å². The number of esters is 1. The number of carbonyl (C=O) groups is 2. The number of rotatable bonds is 7. The van der Waals surface area contributed by atoms with Gasteiger partial charge in [-0.05, 0) is 25.3 Å². The van der Waals surface area contributed by atoms with Crippen LogP contribution < -0.4 is 0 Å². The van der Waals surface area contributed by atoms with Crippen molar-refractivity contribution in [1.82, 2.24) is 4.90 Å². The van der Waals surface area contributed by atoms with Crippen LogP contribution >= 0.6 is 0 Å². The largest absolute Gasteiger partial charge is 0.467 e. The van der Waals surface area contributed by atoms with E-state index in [4.69, 9.17) is 9.47 Å². The summed E-state index contributed by atoms with van der Waals surface area (Å²) in [6.07, 6.45) is 1.65. The molecule has 0 radical (unpaired) electrons. The first-order valence-electron chi connectivity index (χ1n) is 7.64. The van der Waals surface area contributed by atoms with Crippen LogP contribution in [0.1, 0.15) is 31.7 Å². The number of likely N-dealkylation sites (tertiary alicyclic amines) is 1. The molecule has 5 heteroatoms. The number of benzene rings is 1. The van der Waals surface area contributed by atoms with E-state index in [9.17, 15) is 9.59 Å². The van der Waals surface area contributed by atoms with Crippen LogP contribution in [0, 0.1) is 0 Å². The van der Waals surface area contributed by atoms with Gasteiger partial charge in [0.25, 0.3) is 0 Å². The third-order valence-electron chi connectivity index (χ3n) is 4.00. The predicted octanol–water partition coefficient (Wildman–Crippen LogP) is 2.15. The predicted molar refractivity (Wildman–Crippen MR) is 82.1 cm³/mol. The molecule has 0 spiro atoms. The van der Waals surface area contributed by atoms with Crippen LogP contribution in [-0.4, -0.2) is 42.6 Å². The number of nitrogens with zero attached hydrogens (tertiary/aromatic N) is 1. The first-order chi connectivity index (χ1) is 10.6. The molecular weight excluding hydrogens is 282 g/mol. The third-order valence-corrected chi connectivity index (χ3v) is 4.00. The Kier molecular flexibility index (Phi) is 5.95. The Morgan fingerprint density at radius 1 is 1.36 bits per heavy atom. The molecule has 2 unspecified atom stereocenters. The lowest BCUT2D eigenvalue weighted by Gasteiger charge is -2.29. The molecule has 0 aromatic heterocycles. The molecule has 0 bridgehead atoms. The molecule has 1 aromatic rings. The Bertz CT molecular complexity index is 503. The van der Waals surface area contributed by atoms with Crippen molar-refractivity contribution in [2.45, 2.75) is 44.9 Å². The summed E-state index contributed by atoms with van der Waals surface area (Å²) in [6.45, 7) is 3.06. The van der Waals surface area contributed by atoms with Crippen LogP contribution in [0.3, 0.4) is 0 Å². The van der Waals surface area contributed by atoms with Crippen LogP contribution in [-0.2, 0) is 25.7 Å². The monoisotopic (exact) mass is 305 g/mol. The van der Waals surface area contributed by atoms with Crippen molar-refractivity contribution in [3.05, 3.63) is 35.9 Å². The summed E-state index contributed by atoms with van der Waals surface area (Å²) in [5.41, 5.74) is 1.12. The fourth-order valence-corrected chi connectivity index (χ4v) is 2.78. The fourth-order valence-electron chi connectivity index (χ4n) is 2.78. The highest BCUT2D eigenvalue weighted by molar-refractivity contribution is 5.88. The molecule has 1 aromatic carbocycles. The molecule has 0 saturated carbocycles. The fraction of sp³-hybridized carbons (Fsp3) is 0.529. The van der Waals surface area contributed by atoms with Gasteiger partial charge >= 0.3 is 5.97 Å². The maximum atomic E-state index is 12.0. The van der Waals surface area contributed by atoms with E-state index in [1.807, 2.05) is 37.3 Å². The average Bonchev–Trinajstić information content (AvgIpc) is 2.93. The van der Waals surface area contributed by atoms with E-state index in [-0.39, 0.29) is 17.9 Å². The Morgan fingerprint density at radius 3 is 2.77 bits per heavy atom. The summed E-state index contributed by atoms with van der Waals surface area (Å²) in [7, 11) is 1.36. The minimum Gasteiger partial charge on any atom is -0.467 e. The standard InChI is InChI=1S/C17H23NO4/c1-13(10-11-22-12-14-6-4-3-5-7-14)18-15(17(20)21-2)8-9-16(18)19/h3-7,13,15H,8-12H2,1-2H3. The number of amides is 1. The quantitative estimate of drug-likeness (QED) is 0.572. The number of methoxy groups -OCH3 is 1. The van der Waals surface area contributed by atoms with Crippen LogP contribution in [0.2, 0.25) is 0 Å². The molecule has 1 fully saturated rings. The molecule has 120 valence electrons. The lowest BCUT2D eigenvalue weighted by molar-refractivity contribution is -0.150. The van der Waals surface area contributed by atoms with E-state index < -0.39 is 6.04 Å². The van der Waals surface area contributed by atoms with Crippen molar-refractivity contribution in [2.75, 3.05) is 13.7 Å². The second-order valence-corrected chi connectivity index (χ2v) is 5.55. The Morgan fingerprint density at radius 2 is 2.09 bits per heavy atom. The average molecular weight is 305 g/mol. The molecule has 2 atom stereocenters. The maximum Gasteiger partial charge on any atom is 0.328 e. The van der Waals surface area contributed by atoms with E-state index in [0.29, 0.717) is 32.5 Å². The summed E-state index contributed by atoms with van der Waals surface area (Å²) in [5, 5.41) is 0. The van der Waals surface area contributed by atoms with Crippen molar-refractivity contribution in [3.8, 4) is 0 Å². The SMILES string of the molecule is COC(=O)C1CCC(=O)N1C(C)CCOCc1ccccc1. The van der Waals surface area contributed by atoms with Crippen molar-refractivity contribution < 1.29 is 19.1 Å². The molecule has 1 aliphatic rings. The molecule has 1 saturated heterocycles. The Labute approximate surface area is 131 Å². The number of ether oxygens (including phenoxy) is 2. The van der Waals surface area contributed by atoms with E-state index in [1.54, 1.807) is 4.90 Å². The summed E-state index contributed by atoms with van der Waals surface area (Å²) >= 11 is 0. The van der Waals surface area contributed by atoms with Crippen LogP contribution in [0.25, 0.3) is 0 Å². The normalized spacial score (nSPS) is 19.3. The minimum absolute atomic E-state index is 0.0194. The third kappa shape index (κ3) is 4.07. The van der Waals surface area contributed by atoms with Crippen molar-refractivity contribution in [2.24, 2.45) is 0 Å². The lowest BCUT2D eigenvalue weighted by Crippen LogP contribution is -2.45. The van der Waals surface area contributed by atoms with Gasteiger partial charge in [0.2, 0.25) is 5.91 Å². The van der Waals surface area contributed by atoms with Gasteiger partial charge < -0.3 is 14.4 Å². The second-order valence-electron chi connectivity index (χ2n) is 5.55. The van der Waals surface area contributed by atoms with Crippen LogP contribution in [0.5, 0.6) is 0 Å². The van der Waals surface area contributed by atoms with Gasteiger partial charge in [-0.25, -0.2) is 4.79 Å². The molecular formula is C17H23NO4. The molecule has 1 amide bonds. The lowest BCUT2D eigenvalue weighted by atomic mass is 10.1. The van der Waals surface area contributed by atoms with Gasteiger partial charge in [0.05, 0.1) is 13.7 Å². The summed E-state index contributed by atoms with van der Waals surface area (Å²) in [5.74, 6) is -0.311. The van der Waals surface area contributed by atoms with Gasteiger partial charge in [0, 0.05) is 19.1 Å². The summed E-state index contributed by atoms with van der Waals surface area (Å²) in [6, 6.07) is 9.48. The Hall–Kier alpha value is -1.88. The highest BCUT2D eigenvalue weighted by Crippen LogP contribution is 2.24. The molecule has 0 N–H and O–H groups in total. The van der Waals surface area contributed by atoms with Crippen LogP contribution in [0.4, 0.5) is 0 Å². The van der Waals surface area contributed by atoms with Crippen molar-refractivity contribution in [3.63, 3.8) is 0 Å². The second kappa shape index (κ2) is 7.94. The van der Waals surface area contributed by atoms with Crippen molar-refractivity contribution in [1.29, 1.82) is 0 Å². The summed E-state index contributed by atoms with van der Waals surface area (Å²) < 4.78 is 10.4. The molecule has 5 nitrogen and oxygen atoms in total. The molecule has 1 aliphatic heterocycles. The van der Waals surface area contributed by atoms with Gasteiger partial charge in [-0.1, -0.05) is 30.3 Å². The number of carbonyl (C=O) groups excluding carboxylic acids is 2. The van der Waals surface area contributed by atoms with Gasteiger partial charge in [-0.3, -0.25) is 4.79 Å². The first kappa shape index (κ1) is 16.5. The summed E-state index contributed by atoms with van der Waals surface area (Å²) in [4.78, 5) is 25.4.